The monoisotopic (exact) mass is 261 g/mol. The highest BCUT2D eigenvalue weighted by Gasteiger charge is 2.18. The maximum Gasteiger partial charge on any atom is 0.239 e. The van der Waals surface area contributed by atoms with Gasteiger partial charge >= 0.3 is 0 Å². The maximum atomic E-state index is 11.7. The van der Waals surface area contributed by atoms with Crippen molar-refractivity contribution < 1.29 is 9.59 Å². The third-order valence-electron chi connectivity index (χ3n) is 3.28. The molecule has 1 aromatic rings. The zero-order valence-electron chi connectivity index (χ0n) is 11.3. The topological polar surface area (TPSA) is 75.4 Å². The van der Waals surface area contributed by atoms with Gasteiger partial charge in [-0.1, -0.05) is 12.1 Å². The molecule has 1 aliphatic rings. The number of nitrogens with one attached hydrogen (secondary N) is 1. The van der Waals surface area contributed by atoms with E-state index < -0.39 is 6.04 Å². The Balaban J connectivity index is 2.10. The lowest BCUT2D eigenvalue weighted by molar-refractivity contribution is -0.130. The van der Waals surface area contributed by atoms with E-state index in [1.54, 1.807) is 14.1 Å². The number of hydrogen-bond acceptors (Lipinski definition) is 3. The van der Waals surface area contributed by atoms with Crippen LogP contribution in [0.15, 0.2) is 18.2 Å². The average molecular weight is 261 g/mol. The van der Waals surface area contributed by atoms with Crippen LogP contribution in [0.5, 0.6) is 0 Å². The summed E-state index contributed by atoms with van der Waals surface area (Å²) in [5.41, 5.74) is 8.89. The number of amides is 2. The first-order valence-corrected chi connectivity index (χ1v) is 6.36. The first-order chi connectivity index (χ1) is 8.97. The van der Waals surface area contributed by atoms with Crippen molar-refractivity contribution in [2.75, 3.05) is 19.4 Å². The second-order valence-electron chi connectivity index (χ2n) is 5.08. The molecule has 3 N–H and O–H groups in total. The van der Waals surface area contributed by atoms with Crippen LogP contribution in [0.25, 0.3) is 0 Å². The van der Waals surface area contributed by atoms with Crippen LogP contribution in [0.1, 0.15) is 17.5 Å². The van der Waals surface area contributed by atoms with E-state index in [1.165, 1.54) is 4.90 Å². The van der Waals surface area contributed by atoms with Crippen LogP contribution < -0.4 is 11.1 Å². The average Bonchev–Trinajstić information content (AvgIpc) is 2.37. The van der Waals surface area contributed by atoms with E-state index in [0.29, 0.717) is 12.8 Å². The molecule has 0 saturated carbocycles. The number of carbonyl (C=O) groups is 2. The number of hydrogen-bond donors (Lipinski definition) is 2. The molecule has 0 radical (unpaired) electrons. The van der Waals surface area contributed by atoms with Gasteiger partial charge in [-0.2, -0.15) is 0 Å². The number of aryl methyl sites for hydroxylation is 1. The summed E-state index contributed by atoms with van der Waals surface area (Å²) in [5, 5.41) is 2.84. The molecule has 5 heteroatoms. The molecule has 0 aliphatic carbocycles. The van der Waals surface area contributed by atoms with Gasteiger partial charge < -0.3 is 16.0 Å². The van der Waals surface area contributed by atoms with E-state index in [2.05, 4.69) is 5.32 Å². The lowest BCUT2D eigenvalue weighted by atomic mass is 9.97. The number of rotatable bonds is 3. The largest absolute Gasteiger partial charge is 0.347 e. The van der Waals surface area contributed by atoms with Crippen LogP contribution in [0, 0.1) is 0 Å². The molecule has 0 saturated heterocycles. The van der Waals surface area contributed by atoms with Crippen molar-refractivity contribution in [1.82, 2.24) is 4.90 Å². The molecule has 0 bridgehead atoms. The fourth-order valence-electron chi connectivity index (χ4n) is 2.24. The normalized spacial score (nSPS) is 15.4. The predicted molar refractivity (Wildman–Crippen MR) is 73.8 cm³/mol. The van der Waals surface area contributed by atoms with E-state index in [0.717, 1.165) is 23.2 Å². The third-order valence-corrected chi connectivity index (χ3v) is 3.28. The molecule has 1 aromatic carbocycles. The maximum absolute atomic E-state index is 11.7. The zero-order chi connectivity index (χ0) is 14.0. The summed E-state index contributed by atoms with van der Waals surface area (Å²) in [6.07, 6.45) is 1.77. The molecule has 102 valence electrons. The SMILES string of the molecule is CN(C)C(=O)C(N)Cc1ccc2c(c1)CCC(=O)N2. The molecule has 2 rings (SSSR count). The minimum absolute atomic E-state index is 0.0553. The lowest BCUT2D eigenvalue weighted by Crippen LogP contribution is -2.41. The Morgan fingerprint density at radius 2 is 2.16 bits per heavy atom. The van der Waals surface area contributed by atoms with E-state index in [1.807, 2.05) is 18.2 Å². The van der Waals surface area contributed by atoms with Gasteiger partial charge in [0.15, 0.2) is 0 Å². The van der Waals surface area contributed by atoms with Gasteiger partial charge in [0.05, 0.1) is 6.04 Å². The molecule has 1 heterocycles. The fraction of sp³-hybridized carbons (Fsp3) is 0.429. The number of carbonyl (C=O) groups excluding carboxylic acids is 2. The van der Waals surface area contributed by atoms with Crippen molar-refractivity contribution in [2.45, 2.75) is 25.3 Å². The molecule has 5 nitrogen and oxygen atoms in total. The summed E-state index contributed by atoms with van der Waals surface area (Å²) in [7, 11) is 3.40. The predicted octanol–water partition coefficient (Wildman–Crippen LogP) is 0.529. The molecular weight excluding hydrogens is 242 g/mol. The molecule has 0 spiro atoms. The molecule has 1 aliphatic heterocycles. The number of anilines is 1. The van der Waals surface area contributed by atoms with Crippen molar-refractivity contribution >= 4 is 17.5 Å². The van der Waals surface area contributed by atoms with Gasteiger partial charge in [0.1, 0.15) is 0 Å². The molecule has 0 fully saturated rings. The van der Waals surface area contributed by atoms with E-state index in [-0.39, 0.29) is 11.8 Å². The quantitative estimate of drug-likeness (QED) is 0.833. The highest BCUT2D eigenvalue weighted by atomic mass is 16.2. The Morgan fingerprint density at radius 1 is 1.42 bits per heavy atom. The standard InChI is InChI=1S/C14H19N3O2/c1-17(2)14(19)11(15)8-9-3-5-12-10(7-9)4-6-13(18)16-12/h3,5,7,11H,4,6,8,15H2,1-2H3,(H,16,18). The first kappa shape index (κ1) is 13.5. The van der Waals surface area contributed by atoms with Crippen molar-refractivity contribution in [1.29, 1.82) is 0 Å². The van der Waals surface area contributed by atoms with Gasteiger partial charge in [-0.05, 0) is 30.0 Å². The minimum Gasteiger partial charge on any atom is -0.347 e. The number of nitrogens with zero attached hydrogens (tertiary/aromatic N) is 1. The number of likely N-dealkylation sites (N-methyl/N-ethyl adjacent to an activating group) is 1. The lowest BCUT2D eigenvalue weighted by Gasteiger charge is -2.20. The summed E-state index contributed by atoms with van der Waals surface area (Å²) in [6, 6.07) is 5.30. The molecular formula is C14H19N3O2. The van der Waals surface area contributed by atoms with Crippen LogP contribution in [0.4, 0.5) is 5.69 Å². The summed E-state index contributed by atoms with van der Waals surface area (Å²) in [5.74, 6) is -0.0224. The highest BCUT2D eigenvalue weighted by Crippen LogP contribution is 2.24. The van der Waals surface area contributed by atoms with Crippen LogP contribution in [0.2, 0.25) is 0 Å². The second-order valence-corrected chi connectivity index (χ2v) is 5.08. The zero-order valence-corrected chi connectivity index (χ0v) is 11.3. The van der Waals surface area contributed by atoms with Gasteiger partial charge in [0.25, 0.3) is 0 Å². The Hall–Kier alpha value is -1.88. The Labute approximate surface area is 112 Å². The van der Waals surface area contributed by atoms with Gasteiger partial charge in [0, 0.05) is 26.2 Å². The molecule has 2 amide bonds. The van der Waals surface area contributed by atoms with Crippen molar-refractivity contribution in [3.8, 4) is 0 Å². The highest BCUT2D eigenvalue weighted by molar-refractivity contribution is 5.93. The van der Waals surface area contributed by atoms with E-state index in [9.17, 15) is 9.59 Å². The Kier molecular flexibility index (Phi) is 3.85. The summed E-state index contributed by atoms with van der Waals surface area (Å²) >= 11 is 0. The Bertz CT molecular complexity index is 511. The first-order valence-electron chi connectivity index (χ1n) is 6.36. The van der Waals surface area contributed by atoms with Gasteiger partial charge in [0.2, 0.25) is 11.8 Å². The van der Waals surface area contributed by atoms with Crippen molar-refractivity contribution in [2.24, 2.45) is 5.73 Å². The number of fused-ring (bicyclic) bond motifs is 1. The van der Waals surface area contributed by atoms with Crippen LogP contribution >= 0.6 is 0 Å². The van der Waals surface area contributed by atoms with Gasteiger partial charge in [-0.3, -0.25) is 9.59 Å². The molecule has 0 aromatic heterocycles. The molecule has 1 atom stereocenters. The van der Waals surface area contributed by atoms with Gasteiger partial charge in [-0.25, -0.2) is 0 Å². The molecule has 19 heavy (non-hydrogen) atoms. The van der Waals surface area contributed by atoms with E-state index in [4.69, 9.17) is 5.73 Å². The van der Waals surface area contributed by atoms with Crippen LogP contribution in [0.3, 0.4) is 0 Å². The minimum atomic E-state index is -0.522. The third kappa shape index (κ3) is 3.12. The van der Waals surface area contributed by atoms with Crippen molar-refractivity contribution in [3.63, 3.8) is 0 Å². The van der Waals surface area contributed by atoms with Crippen LogP contribution in [-0.4, -0.2) is 36.9 Å². The second kappa shape index (κ2) is 5.40. The Morgan fingerprint density at radius 3 is 2.84 bits per heavy atom. The van der Waals surface area contributed by atoms with Crippen molar-refractivity contribution in [3.05, 3.63) is 29.3 Å². The summed E-state index contributed by atoms with van der Waals surface area (Å²) < 4.78 is 0. The summed E-state index contributed by atoms with van der Waals surface area (Å²) in [4.78, 5) is 24.5. The number of nitrogens with two attached hydrogens (primary N) is 1. The molecule has 1 unspecified atom stereocenters. The summed E-state index contributed by atoms with van der Waals surface area (Å²) in [6.45, 7) is 0. The van der Waals surface area contributed by atoms with Gasteiger partial charge in [-0.15, -0.1) is 0 Å². The van der Waals surface area contributed by atoms with E-state index >= 15 is 0 Å². The number of benzene rings is 1. The fourth-order valence-corrected chi connectivity index (χ4v) is 2.24. The smallest absolute Gasteiger partial charge is 0.239 e. The van der Waals surface area contributed by atoms with Crippen LogP contribution in [-0.2, 0) is 22.4 Å².